The molecule has 4 nitrogen and oxygen atoms in total. The fourth-order valence-corrected chi connectivity index (χ4v) is 2.76. The topological polar surface area (TPSA) is 49.4 Å². The Morgan fingerprint density at radius 1 is 1.45 bits per heavy atom. The summed E-state index contributed by atoms with van der Waals surface area (Å²) in [5, 5.41) is 2.81. The summed E-state index contributed by atoms with van der Waals surface area (Å²) in [6.45, 7) is 5.35. The van der Waals surface area contributed by atoms with Crippen molar-refractivity contribution in [3.05, 3.63) is 34.6 Å². The summed E-state index contributed by atoms with van der Waals surface area (Å²) in [6, 6.07) is 3.92. The first kappa shape index (κ1) is 16.7. The van der Waals surface area contributed by atoms with E-state index in [1.54, 1.807) is 4.90 Å². The Balaban J connectivity index is 2.07. The maximum atomic E-state index is 13.2. The quantitative estimate of drug-likeness (QED) is 0.925. The number of carbonyl (C=O) groups excluding carboxylic acids is 2. The Kier molecular flexibility index (Phi) is 5.06. The van der Waals surface area contributed by atoms with Gasteiger partial charge in [0.25, 0.3) is 5.91 Å². The maximum absolute atomic E-state index is 13.2. The van der Waals surface area contributed by atoms with Crippen molar-refractivity contribution in [3.8, 4) is 0 Å². The molecule has 1 aliphatic heterocycles. The molecule has 1 aliphatic rings. The summed E-state index contributed by atoms with van der Waals surface area (Å²) >= 11 is 5.72. The third-order valence-electron chi connectivity index (χ3n) is 4.01. The molecule has 2 rings (SSSR count). The van der Waals surface area contributed by atoms with Gasteiger partial charge < -0.3 is 10.2 Å². The van der Waals surface area contributed by atoms with Crippen LogP contribution in [0.1, 0.15) is 37.0 Å². The smallest absolute Gasteiger partial charge is 0.253 e. The molecule has 22 heavy (non-hydrogen) atoms. The van der Waals surface area contributed by atoms with Crippen molar-refractivity contribution < 1.29 is 14.0 Å². The van der Waals surface area contributed by atoms with Gasteiger partial charge in [0.1, 0.15) is 5.82 Å². The first-order valence-electron chi connectivity index (χ1n) is 7.40. The Labute approximate surface area is 134 Å². The van der Waals surface area contributed by atoms with Gasteiger partial charge in [0.2, 0.25) is 5.91 Å². The first-order chi connectivity index (χ1) is 10.4. The Morgan fingerprint density at radius 3 is 2.82 bits per heavy atom. The van der Waals surface area contributed by atoms with E-state index in [1.807, 2.05) is 13.8 Å². The van der Waals surface area contributed by atoms with Crippen LogP contribution in [0.4, 0.5) is 4.39 Å². The van der Waals surface area contributed by atoms with Gasteiger partial charge in [-0.3, -0.25) is 9.59 Å². The van der Waals surface area contributed by atoms with Crippen LogP contribution in [0, 0.1) is 11.2 Å². The molecule has 0 saturated carbocycles. The zero-order valence-electron chi connectivity index (χ0n) is 12.8. The first-order valence-corrected chi connectivity index (χ1v) is 7.78. The summed E-state index contributed by atoms with van der Waals surface area (Å²) in [5.41, 5.74) is -0.237. The van der Waals surface area contributed by atoms with Gasteiger partial charge in [-0.25, -0.2) is 4.39 Å². The minimum Gasteiger partial charge on any atom is -0.356 e. The van der Waals surface area contributed by atoms with E-state index in [4.69, 9.17) is 11.6 Å². The summed E-state index contributed by atoms with van der Waals surface area (Å²) in [6.07, 6.45) is 1.49. The molecule has 120 valence electrons. The highest BCUT2D eigenvalue weighted by Gasteiger charge is 2.41. The predicted molar refractivity (Wildman–Crippen MR) is 83.3 cm³/mol. The highest BCUT2D eigenvalue weighted by atomic mass is 35.5. The largest absolute Gasteiger partial charge is 0.356 e. The van der Waals surface area contributed by atoms with Crippen molar-refractivity contribution in [2.24, 2.45) is 5.41 Å². The van der Waals surface area contributed by atoms with E-state index in [2.05, 4.69) is 5.32 Å². The molecule has 0 spiro atoms. The molecule has 6 heteroatoms. The Bertz CT molecular complexity index is 594. The number of rotatable bonds is 4. The van der Waals surface area contributed by atoms with Crippen molar-refractivity contribution in [2.75, 3.05) is 19.6 Å². The minimum atomic E-state index is -0.575. The maximum Gasteiger partial charge on any atom is 0.253 e. The van der Waals surface area contributed by atoms with Gasteiger partial charge in [0.05, 0.1) is 10.4 Å². The molecular formula is C16H20ClFN2O2. The molecule has 1 atom stereocenters. The normalized spacial score (nSPS) is 21.0. The van der Waals surface area contributed by atoms with Crippen molar-refractivity contribution in [2.45, 2.75) is 26.7 Å². The molecule has 1 fully saturated rings. The SMILES string of the molecule is CCCNC(=O)C1(C)CCN(C(=O)c2ccc(F)c(Cl)c2)C1. The second-order valence-electron chi connectivity index (χ2n) is 5.92. The van der Waals surface area contributed by atoms with E-state index in [9.17, 15) is 14.0 Å². The van der Waals surface area contributed by atoms with Crippen LogP contribution in [0.5, 0.6) is 0 Å². The van der Waals surface area contributed by atoms with Crippen LogP contribution in [0.15, 0.2) is 18.2 Å². The van der Waals surface area contributed by atoms with E-state index in [-0.39, 0.29) is 16.8 Å². The average Bonchev–Trinajstić information content (AvgIpc) is 2.90. The van der Waals surface area contributed by atoms with Crippen LogP contribution in [0.2, 0.25) is 5.02 Å². The van der Waals surface area contributed by atoms with E-state index in [0.717, 1.165) is 6.42 Å². The molecule has 0 radical (unpaired) electrons. The van der Waals surface area contributed by atoms with Crippen LogP contribution in [0.3, 0.4) is 0 Å². The fourth-order valence-electron chi connectivity index (χ4n) is 2.58. The van der Waals surface area contributed by atoms with Gasteiger partial charge in [-0.2, -0.15) is 0 Å². The van der Waals surface area contributed by atoms with E-state index in [0.29, 0.717) is 31.6 Å². The number of benzene rings is 1. The molecule has 1 unspecified atom stereocenters. The van der Waals surface area contributed by atoms with Crippen LogP contribution < -0.4 is 5.32 Å². The van der Waals surface area contributed by atoms with Crippen molar-refractivity contribution >= 4 is 23.4 Å². The van der Waals surface area contributed by atoms with Gasteiger partial charge in [0.15, 0.2) is 0 Å². The lowest BCUT2D eigenvalue weighted by Crippen LogP contribution is -2.42. The lowest BCUT2D eigenvalue weighted by Gasteiger charge is -2.23. The van der Waals surface area contributed by atoms with Gasteiger partial charge in [-0.1, -0.05) is 18.5 Å². The third-order valence-corrected chi connectivity index (χ3v) is 4.30. The molecule has 0 aromatic heterocycles. The number of halogens is 2. The standard InChI is InChI=1S/C16H20ClFN2O2/c1-3-7-19-15(22)16(2)6-8-20(10-16)14(21)11-4-5-13(18)12(17)9-11/h4-5,9H,3,6-8,10H2,1-2H3,(H,19,22). The van der Waals surface area contributed by atoms with Gasteiger partial charge >= 0.3 is 0 Å². The Morgan fingerprint density at radius 2 is 2.18 bits per heavy atom. The minimum absolute atomic E-state index is 0.0261. The van der Waals surface area contributed by atoms with Crippen molar-refractivity contribution in [1.29, 1.82) is 0 Å². The molecule has 2 amide bonds. The monoisotopic (exact) mass is 326 g/mol. The molecule has 0 bridgehead atoms. The molecule has 1 heterocycles. The van der Waals surface area contributed by atoms with Crippen LogP contribution in [-0.4, -0.2) is 36.3 Å². The van der Waals surface area contributed by atoms with Crippen LogP contribution in [0.25, 0.3) is 0 Å². The number of likely N-dealkylation sites (tertiary alicyclic amines) is 1. The average molecular weight is 327 g/mol. The lowest BCUT2D eigenvalue weighted by atomic mass is 9.88. The molecule has 1 saturated heterocycles. The number of nitrogens with one attached hydrogen (secondary N) is 1. The number of hydrogen-bond acceptors (Lipinski definition) is 2. The van der Waals surface area contributed by atoms with Gasteiger partial charge in [-0.15, -0.1) is 0 Å². The number of amides is 2. The molecular weight excluding hydrogens is 307 g/mol. The van der Waals surface area contributed by atoms with E-state index < -0.39 is 11.2 Å². The molecule has 1 aromatic rings. The molecule has 1 aromatic carbocycles. The summed E-state index contributed by atoms with van der Waals surface area (Å²) in [4.78, 5) is 26.3. The van der Waals surface area contributed by atoms with Crippen molar-refractivity contribution in [1.82, 2.24) is 10.2 Å². The zero-order valence-corrected chi connectivity index (χ0v) is 13.5. The van der Waals surface area contributed by atoms with Gasteiger partial charge in [-0.05, 0) is 38.0 Å². The summed E-state index contributed by atoms with van der Waals surface area (Å²) in [7, 11) is 0. The molecule has 0 aliphatic carbocycles. The van der Waals surface area contributed by atoms with Crippen LogP contribution in [-0.2, 0) is 4.79 Å². The van der Waals surface area contributed by atoms with E-state index in [1.165, 1.54) is 18.2 Å². The second kappa shape index (κ2) is 6.65. The third kappa shape index (κ3) is 3.40. The highest BCUT2D eigenvalue weighted by molar-refractivity contribution is 6.31. The fraction of sp³-hybridized carbons (Fsp3) is 0.500. The second-order valence-corrected chi connectivity index (χ2v) is 6.33. The zero-order chi connectivity index (χ0) is 16.3. The highest BCUT2D eigenvalue weighted by Crippen LogP contribution is 2.31. The van der Waals surface area contributed by atoms with E-state index >= 15 is 0 Å². The lowest BCUT2D eigenvalue weighted by molar-refractivity contribution is -0.129. The molecule has 1 N–H and O–H groups in total. The summed E-state index contributed by atoms with van der Waals surface area (Å²) < 4.78 is 13.2. The number of nitrogens with zero attached hydrogens (tertiary/aromatic N) is 1. The predicted octanol–water partition coefficient (Wildman–Crippen LogP) is 2.86. The number of carbonyl (C=O) groups is 2. The summed E-state index contributed by atoms with van der Waals surface area (Å²) in [5.74, 6) is -0.806. The Hall–Kier alpha value is -1.62. The number of hydrogen-bond donors (Lipinski definition) is 1. The van der Waals surface area contributed by atoms with Crippen molar-refractivity contribution in [3.63, 3.8) is 0 Å². The van der Waals surface area contributed by atoms with Gasteiger partial charge in [0, 0.05) is 25.2 Å². The van der Waals surface area contributed by atoms with Crippen LogP contribution >= 0.6 is 11.6 Å².